The van der Waals surface area contributed by atoms with Gasteiger partial charge in [0.2, 0.25) is 0 Å². The van der Waals surface area contributed by atoms with E-state index in [9.17, 15) is 0 Å². The van der Waals surface area contributed by atoms with E-state index in [-0.39, 0.29) is 6.61 Å². The van der Waals surface area contributed by atoms with E-state index in [2.05, 4.69) is 12.2 Å². The van der Waals surface area contributed by atoms with Crippen molar-refractivity contribution in [1.82, 2.24) is 5.32 Å². The molecule has 0 atom stereocenters. The van der Waals surface area contributed by atoms with E-state index < -0.39 is 0 Å². The smallest absolute Gasteiger partial charge is 0.0697 e. The largest absolute Gasteiger partial charge is 0.394 e. The van der Waals surface area contributed by atoms with Crippen molar-refractivity contribution in [2.45, 2.75) is 6.42 Å². The number of nitrogens with one attached hydrogen (secondary N) is 1. The first-order valence-electron chi connectivity index (χ1n) is 3.44. The Hall–Kier alpha value is -0.120. The lowest BCUT2D eigenvalue weighted by Crippen LogP contribution is -2.12. The van der Waals surface area contributed by atoms with E-state index in [0.29, 0.717) is 13.2 Å². The van der Waals surface area contributed by atoms with Crippen molar-refractivity contribution in [2.75, 3.05) is 26.4 Å². The van der Waals surface area contributed by atoms with Gasteiger partial charge >= 0.3 is 0 Å². The number of hydrogen-bond donors (Lipinski definition) is 2. The first kappa shape index (κ1) is 9.88. The first-order valence-corrected chi connectivity index (χ1v) is 3.44. The first-order chi connectivity index (χ1) is 4.91. The summed E-state index contributed by atoms with van der Waals surface area (Å²) >= 11 is 0. The minimum atomic E-state index is 0.106. The van der Waals surface area contributed by atoms with E-state index in [4.69, 9.17) is 9.84 Å². The Labute approximate surface area is 62.4 Å². The molecule has 0 aromatic carbocycles. The van der Waals surface area contributed by atoms with Crippen LogP contribution in [-0.4, -0.2) is 31.5 Å². The molecule has 0 heterocycles. The van der Waals surface area contributed by atoms with Gasteiger partial charge in [0, 0.05) is 13.2 Å². The van der Waals surface area contributed by atoms with Gasteiger partial charge < -0.3 is 15.2 Å². The number of hydrogen-bond acceptors (Lipinski definition) is 3. The molecule has 0 aliphatic carbocycles. The fourth-order valence-corrected chi connectivity index (χ4v) is 0.545. The fraction of sp³-hybridized carbons (Fsp3) is 0.714. The molecule has 2 radical (unpaired) electrons. The third kappa shape index (κ3) is 7.88. The molecule has 0 bridgehead atoms. The molecule has 0 aliphatic rings. The summed E-state index contributed by atoms with van der Waals surface area (Å²) < 4.78 is 5.01. The molecule has 0 aliphatic heterocycles. The fourth-order valence-electron chi connectivity index (χ4n) is 0.545. The third-order valence-electron chi connectivity index (χ3n) is 0.990. The highest BCUT2D eigenvalue weighted by Crippen LogP contribution is 1.80. The third-order valence-corrected chi connectivity index (χ3v) is 0.990. The van der Waals surface area contributed by atoms with E-state index in [1.54, 1.807) is 6.54 Å². The lowest BCUT2D eigenvalue weighted by Gasteiger charge is -2.01. The van der Waals surface area contributed by atoms with Crippen molar-refractivity contribution >= 4 is 0 Å². The van der Waals surface area contributed by atoms with Gasteiger partial charge in [0.15, 0.2) is 0 Å². The lowest BCUT2D eigenvalue weighted by atomic mass is 10.4. The summed E-state index contributed by atoms with van der Waals surface area (Å²) in [5.41, 5.74) is 0. The normalized spacial score (nSPS) is 10.2. The highest BCUT2D eigenvalue weighted by Gasteiger charge is 1.86. The molecule has 10 heavy (non-hydrogen) atoms. The van der Waals surface area contributed by atoms with Gasteiger partial charge in [-0.25, -0.2) is 0 Å². The molecule has 60 valence electrons. The molecule has 2 N–H and O–H groups in total. The molecule has 0 aromatic heterocycles. The number of rotatable bonds is 7. The molecule has 0 saturated heterocycles. The minimum absolute atomic E-state index is 0.106. The maximum Gasteiger partial charge on any atom is 0.0697 e. The quantitative estimate of drug-likeness (QED) is 0.494. The van der Waals surface area contributed by atoms with Crippen LogP contribution in [0.1, 0.15) is 6.42 Å². The molecule has 0 amide bonds. The van der Waals surface area contributed by atoms with Crippen molar-refractivity contribution in [3.63, 3.8) is 0 Å². The van der Waals surface area contributed by atoms with Crippen molar-refractivity contribution in [2.24, 2.45) is 0 Å². The Morgan fingerprint density at radius 1 is 1.50 bits per heavy atom. The zero-order valence-electron chi connectivity index (χ0n) is 6.18. The number of aliphatic hydroxyl groups is 1. The summed E-state index contributed by atoms with van der Waals surface area (Å²) in [6.07, 6.45) is 0.950. The second-order valence-electron chi connectivity index (χ2n) is 1.85. The summed E-state index contributed by atoms with van der Waals surface area (Å²) in [5, 5.41) is 11.3. The Bertz CT molecular complexity index is 51.6. The van der Waals surface area contributed by atoms with E-state index in [1.807, 2.05) is 0 Å². The van der Waals surface area contributed by atoms with Crippen LogP contribution >= 0.6 is 0 Å². The Morgan fingerprint density at radius 2 is 2.30 bits per heavy atom. The van der Waals surface area contributed by atoms with Gasteiger partial charge in [-0.05, 0) is 19.9 Å². The molecule has 0 saturated carbocycles. The van der Waals surface area contributed by atoms with Crippen molar-refractivity contribution in [3.05, 3.63) is 13.5 Å². The van der Waals surface area contributed by atoms with Crippen LogP contribution in [-0.2, 0) is 4.74 Å². The zero-order valence-corrected chi connectivity index (χ0v) is 6.18. The van der Waals surface area contributed by atoms with Gasteiger partial charge in [-0.15, -0.1) is 0 Å². The maximum absolute atomic E-state index is 8.31. The summed E-state index contributed by atoms with van der Waals surface area (Å²) in [5.74, 6) is 0. The van der Waals surface area contributed by atoms with E-state index in [0.717, 1.165) is 13.0 Å². The van der Waals surface area contributed by atoms with Gasteiger partial charge in [-0.3, -0.25) is 0 Å². The predicted octanol–water partition coefficient (Wildman–Crippen LogP) is -0.0291. The number of aliphatic hydroxyl groups excluding tert-OH is 1. The average Bonchev–Trinajstić information content (AvgIpc) is 1.97. The predicted molar refractivity (Wildman–Crippen MR) is 40.2 cm³/mol. The van der Waals surface area contributed by atoms with Crippen molar-refractivity contribution < 1.29 is 9.84 Å². The summed E-state index contributed by atoms with van der Waals surface area (Å²) in [7, 11) is 0. The molecule has 0 aromatic rings. The molecule has 0 rings (SSSR count). The van der Waals surface area contributed by atoms with Crippen molar-refractivity contribution in [1.29, 1.82) is 0 Å². The Balaban J connectivity index is 2.65. The molecule has 0 unspecified atom stereocenters. The molecule has 3 heteroatoms. The van der Waals surface area contributed by atoms with Crippen molar-refractivity contribution in [3.8, 4) is 0 Å². The molecular formula is C7H15NO2. The Morgan fingerprint density at radius 3 is 2.90 bits per heavy atom. The molecular weight excluding hydrogens is 130 g/mol. The lowest BCUT2D eigenvalue weighted by molar-refractivity contribution is 0.0910. The van der Waals surface area contributed by atoms with Crippen LogP contribution in [0.3, 0.4) is 0 Å². The van der Waals surface area contributed by atoms with Gasteiger partial charge in [-0.2, -0.15) is 0 Å². The van der Waals surface area contributed by atoms with Crippen LogP contribution < -0.4 is 5.32 Å². The topological polar surface area (TPSA) is 41.5 Å². The van der Waals surface area contributed by atoms with Crippen LogP contribution in [0.4, 0.5) is 0 Å². The summed E-state index contributed by atoms with van der Waals surface area (Å²) in [6, 6.07) is 0. The second kappa shape index (κ2) is 8.88. The molecule has 0 spiro atoms. The van der Waals surface area contributed by atoms with Crippen LogP contribution in [0.15, 0.2) is 0 Å². The van der Waals surface area contributed by atoms with Gasteiger partial charge in [-0.1, -0.05) is 0 Å². The summed E-state index contributed by atoms with van der Waals surface area (Å²) in [6.45, 7) is 7.29. The van der Waals surface area contributed by atoms with Gasteiger partial charge in [0.25, 0.3) is 0 Å². The second-order valence-corrected chi connectivity index (χ2v) is 1.85. The summed E-state index contributed by atoms with van der Waals surface area (Å²) in [4.78, 5) is 0. The highest BCUT2D eigenvalue weighted by atomic mass is 16.5. The molecule has 3 nitrogen and oxygen atoms in total. The van der Waals surface area contributed by atoms with E-state index in [1.165, 1.54) is 0 Å². The van der Waals surface area contributed by atoms with Crippen LogP contribution in [0, 0.1) is 13.5 Å². The van der Waals surface area contributed by atoms with Gasteiger partial charge in [0.1, 0.15) is 0 Å². The molecule has 0 fully saturated rings. The van der Waals surface area contributed by atoms with Crippen LogP contribution in [0.5, 0.6) is 0 Å². The standard InChI is InChI=1S/C7H15NO2/c1-2-8-4-3-6-10-7-5-9/h2,8-9H,1,3-7H2. The monoisotopic (exact) mass is 145 g/mol. The SMILES string of the molecule is [CH2][CH]NCCCOCCO. The van der Waals surface area contributed by atoms with E-state index >= 15 is 0 Å². The Kier molecular flexibility index (Phi) is 8.77. The minimum Gasteiger partial charge on any atom is -0.394 e. The maximum atomic E-state index is 8.31. The van der Waals surface area contributed by atoms with Crippen LogP contribution in [0.2, 0.25) is 0 Å². The zero-order chi connectivity index (χ0) is 7.66. The average molecular weight is 145 g/mol. The highest BCUT2D eigenvalue weighted by molar-refractivity contribution is 4.61. The van der Waals surface area contributed by atoms with Crippen LogP contribution in [0.25, 0.3) is 0 Å². The number of ether oxygens (including phenoxy) is 1. The van der Waals surface area contributed by atoms with Gasteiger partial charge in [0.05, 0.1) is 13.2 Å².